The molecule has 0 radical (unpaired) electrons. The average molecular weight is 326 g/mol. The second kappa shape index (κ2) is 5.35. The summed E-state index contributed by atoms with van der Waals surface area (Å²) < 4.78 is 0. The van der Waals surface area contributed by atoms with E-state index in [1.165, 1.54) is 0 Å². The van der Waals surface area contributed by atoms with Crippen molar-refractivity contribution >= 4 is 40.8 Å². The van der Waals surface area contributed by atoms with Crippen LogP contribution in [-0.4, -0.2) is 17.0 Å². The molecule has 0 unspecified atom stereocenters. The maximum atomic E-state index is 12.5. The molecule has 0 aromatic heterocycles. The van der Waals surface area contributed by atoms with Gasteiger partial charge in [0.05, 0.1) is 22.5 Å². The Balaban J connectivity index is 1.83. The molecule has 3 rings (SSSR count). The van der Waals surface area contributed by atoms with E-state index in [0.29, 0.717) is 15.7 Å². The molecule has 1 fully saturated rings. The van der Waals surface area contributed by atoms with Crippen molar-refractivity contribution in [3.63, 3.8) is 0 Å². The quantitative estimate of drug-likeness (QED) is 0.836. The van der Waals surface area contributed by atoms with E-state index in [1.54, 1.807) is 18.2 Å². The molecule has 4 nitrogen and oxygen atoms in total. The van der Waals surface area contributed by atoms with Gasteiger partial charge < -0.3 is 10.4 Å². The third-order valence-corrected chi connectivity index (χ3v) is 4.80. The molecule has 2 aliphatic rings. The van der Waals surface area contributed by atoms with Crippen LogP contribution in [-0.2, 0) is 9.59 Å². The molecule has 2 aliphatic carbocycles. The van der Waals surface area contributed by atoms with Gasteiger partial charge >= 0.3 is 5.97 Å². The van der Waals surface area contributed by atoms with Crippen LogP contribution in [0.25, 0.3) is 0 Å². The van der Waals surface area contributed by atoms with Gasteiger partial charge in [0.15, 0.2) is 0 Å². The lowest BCUT2D eigenvalue weighted by molar-refractivity contribution is -0.146. The summed E-state index contributed by atoms with van der Waals surface area (Å²) in [5, 5.41) is 12.9. The van der Waals surface area contributed by atoms with Crippen LogP contribution < -0.4 is 5.32 Å². The number of hydrogen-bond donors (Lipinski definition) is 2. The summed E-state index contributed by atoms with van der Waals surface area (Å²) >= 11 is 11.9. The van der Waals surface area contributed by atoms with Crippen molar-refractivity contribution in [3.05, 3.63) is 40.4 Å². The first-order chi connectivity index (χ1) is 9.97. The van der Waals surface area contributed by atoms with Gasteiger partial charge in [-0.1, -0.05) is 35.4 Å². The van der Waals surface area contributed by atoms with E-state index in [0.717, 1.165) is 6.42 Å². The van der Waals surface area contributed by atoms with Gasteiger partial charge in [0.25, 0.3) is 0 Å². The van der Waals surface area contributed by atoms with Crippen LogP contribution in [0.15, 0.2) is 30.4 Å². The number of nitrogens with one attached hydrogen (secondary N) is 1. The topological polar surface area (TPSA) is 66.4 Å². The van der Waals surface area contributed by atoms with E-state index in [2.05, 4.69) is 5.32 Å². The van der Waals surface area contributed by atoms with E-state index in [-0.39, 0.29) is 17.7 Å². The van der Waals surface area contributed by atoms with Gasteiger partial charge in [-0.15, -0.1) is 0 Å². The number of carboxylic acids is 1. The number of carbonyl (C=O) groups is 2. The Hall–Kier alpha value is -1.52. The fourth-order valence-electron chi connectivity index (χ4n) is 3.33. The number of anilines is 1. The van der Waals surface area contributed by atoms with Crippen LogP contribution in [0.5, 0.6) is 0 Å². The zero-order valence-corrected chi connectivity index (χ0v) is 12.4. The van der Waals surface area contributed by atoms with Gasteiger partial charge in [-0.05, 0) is 36.5 Å². The summed E-state index contributed by atoms with van der Waals surface area (Å²) in [6, 6.07) is 4.77. The fraction of sp³-hybridized carbons (Fsp3) is 0.333. The highest BCUT2D eigenvalue weighted by Crippen LogP contribution is 2.48. The van der Waals surface area contributed by atoms with Gasteiger partial charge in [-0.3, -0.25) is 9.59 Å². The highest BCUT2D eigenvalue weighted by atomic mass is 35.5. The van der Waals surface area contributed by atoms with Crippen LogP contribution in [0.2, 0.25) is 10.0 Å². The maximum Gasteiger partial charge on any atom is 0.307 e. The number of aliphatic carboxylic acids is 1. The van der Waals surface area contributed by atoms with Crippen molar-refractivity contribution in [2.45, 2.75) is 6.42 Å². The normalized spacial score (nSPS) is 29.6. The van der Waals surface area contributed by atoms with Crippen LogP contribution in [0, 0.1) is 23.7 Å². The molecule has 2 N–H and O–H groups in total. The molecule has 2 bridgehead atoms. The fourth-order valence-corrected chi connectivity index (χ4v) is 3.66. The predicted octanol–water partition coefficient (Wildman–Crippen LogP) is 3.45. The Morgan fingerprint density at radius 2 is 1.81 bits per heavy atom. The molecule has 4 atom stereocenters. The van der Waals surface area contributed by atoms with Crippen LogP contribution >= 0.6 is 23.2 Å². The van der Waals surface area contributed by atoms with Crippen LogP contribution in [0.1, 0.15) is 6.42 Å². The first kappa shape index (κ1) is 14.4. The highest BCUT2D eigenvalue weighted by molar-refractivity contribution is 6.35. The SMILES string of the molecule is O=C(O)[C@@H]1[C@H](C(=O)Nc2cc(Cl)ccc2Cl)[C@@H]2C=C[C@H]1C2. The highest BCUT2D eigenvalue weighted by Gasteiger charge is 2.51. The van der Waals surface area contributed by atoms with Gasteiger partial charge in [0.2, 0.25) is 5.91 Å². The second-order valence-corrected chi connectivity index (χ2v) is 6.30. The largest absolute Gasteiger partial charge is 0.481 e. The predicted molar refractivity (Wildman–Crippen MR) is 80.4 cm³/mol. The van der Waals surface area contributed by atoms with Gasteiger partial charge in [0.1, 0.15) is 0 Å². The minimum Gasteiger partial charge on any atom is -0.481 e. The number of halogens is 2. The molecule has 1 aromatic rings. The molecule has 1 amide bonds. The number of hydrogen-bond acceptors (Lipinski definition) is 2. The first-order valence-corrected chi connectivity index (χ1v) is 7.40. The number of amides is 1. The first-order valence-electron chi connectivity index (χ1n) is 6.64. The molecule has 0 spiro atoms. The number of carbonyl (C=O) groups excluding carboxylic acids is 1. The Morgan fingerprint density at radius 1 is 1.14 bits per heavy atom. The lowest BCUT2D eigenvalue weighted by atomic mass is 9.82. The third kappa shape index (κ3) is 2.54. The molecular formula is C15H13Cl2NO3. The van der Waals surface area contributed by atoms with Crippen molar-refractivity contribution in [1.29, 1.82) is 0 Å². The Labute approximate surface area is 131 Å². The van der Waals surface area contributed by atoms with Crippen molar-refractivity contribution < 1.29 is 14.7 Å². The third-order valence-electron chi connectivity index (χ3n) is 4.23. The standard InChI is InChI=1S/C15H13Cl2NO3/c16-9-3-4-10(17)11(6-9)18-14(19)12-7-1-2-8(5-7)13(12)15(20)21/h1-4,6-8,12-13H,5H2,(H,18,19)(H,20,21)/t7-,8+,12-,13+/m1/s1. The average Bonchev–Trinajstić information content (AvgIpc) is 3.03. The Morgan fingerprint density at radius 3 is 2.48 bits per heavy atom. The summed E-state index contributed by atoms with van der Waals surface area (Å²) in [6.07, 6.45) is 4.56. The molecule has 110 valence electrons. The summed E-state index contributed by atoms with van der Waals surface area (Å²) in [7, 11) is 0. The van der Waals surface area contributed by atoms with Crippen LogP contribution in [0.4, 0.5) is 5.69 Å². The Bertz CT molecular complexity index is 644. The van der Waals surface area contributed by atoms with Crippen molar-refractivity contribution in [2.24, 2.45) is 23.7 Å². The Kier molecular flexibility index (Phi) is 3.68. The molecule has 0 aliphatic heterocycles. The minimum atomic E-state index is -0.927. The van der Waals surface area contributed by atoms with Crippen LogP contribution in [0.3, 0.4) is 0 Å². The number of fused-ring (bicyclic) bond motifs is 2. The van der Waals surface area contributed by atoms with E-state index < -0.39 is 17.8 Å². The summed E-state index contributed by atoms with van der Waals surface area (Å²) in [5.74, 6) is -2.55. The lowest BCUT2D eigenvalue weighted by Crippen LogP contribution is -2.36. The number of benzene rings is 1. The number of rotatable bonds is 3. The molecule has 1 aromatic carbocycles. The smallest absolute Gasteiger partial charge is 0.307 e. The lowest BCUT2D eigenvalue weighted by Gasteiger charge is -2.24. The van der Waals surface area contributed by atoms with Crippen molar-refractivity contribution in [1.82, 2.24) is 0 Å². The van der Waals surface area contributed by atoms with Gasteiger partial charge in [-0.2, -0.15) is 0 Å². The van der Waals surface area contributed by atoms with Gasteiger partial charge in [0, 0.05) is 5.02 Å². The zero-order valence-electron chi connectivity index (χ0n) is 10.9. The molecule has 0 heterocycles. The number of allylic oxidation sites excluding steroid dienone is 2. The second-order valence-electron chi connectivity index (χ2n) is 5.45. The van der Waals surface area contributed by atoms with E-state index in [9.17, 15) is 14.7 Å². The van der Waals surface area contributed by atoms with E-state index >= 15 is 0 Å². The molecule has 0 saturated heterocycles. The summed E-state index contributed by atoms with van der Waals surface area (Å²) in [4.78, 5) is 23.9. The summed E-state index contributed by atoms with van der Waals surface area (Å²) in [5.41, 5.74) is 0.407. The summed E-state index contributed by atoms with van der Waals surface area (Å²) in [6.45, 7) is 0. The molecular weight excluding hydrogens is 313 g/mol. The van der Waals surface area contributed by atoms with E-state index in [1.807, 2.05) is 12.2 Å². The van der Waals surface area contributed by atoms with Gasteiger partial charge in [-0.25, -0.2) is 0 Å². The molecule has 6 heteroatoms. The molecule has 21 heavy (non-hydrogen) atoms. The molecule has 1 saturated carbocycles. The monoisotopic (exact) mass is 325 g/mol. The van der Waals surface area contributed by atoms with Crippen molar-refractivity contribution in [3.8, 4) is 0 Å². The zero-order chi connectivity index (χ0) is 15.1. The maximum absolute atomic E-state index is 12.5. The minimum absolute atomic E-state index is 0.0194. The number of carboxylic acid groups (broad SMARTS) is 1. The van der Waals surface area contributed by atoms with E-state index in [4.69, 9.17) is 23.2 Å². The van der Waals surface area contributed by atoms with Crippen molar-refractivity contribution in [2.75, 3.05) is 5.32 Å².